The Labute approximate surface area is 170 Å². The molecular weight excluding hydrogens is 370 g/mol. The lowest BCUT2D eigenvalue weighted by Crippen LogP contribution is -2.39. The van der Waals surface area contributed by atoms with Gasteiger partial charge < -0.3 is 20.7 Å². The molecule has 0 fully saturated rings. The maximum atomic E-state index is 12.3. The first-order chi connectivity index (χ1) is 13.7. The molecule has 0 aliphatic rings. The Bertz CT molecular complexity index is 863. The molecule has 0 saturated carbocycles. The zero-order valence-corrected chi connectivity index (χ0v) is 17.1. The average Bonchev–Trinajstić information content (AvgIpc) is 2.66. The highest BCUT2D eigenvalue weighted by Gasteiger charge is 2.19. The number of nitrogens with one attached hydrogen (secondary N) is 3. The molecule has 3 amide bonds. The summed E-state index contributed by atoms with van der Waals surface area (Å²) in [5, 5.41) is 8.19. The minimum atomic E-state index is -0.941. The van der Waals surface area contributed by atoms with Crippen LogP contribution in [0.5, 0.6) is 0 Å². The van der Waals surface area contributed by atoms with Crippen LogP contribution in [0.3, 0.4) is 0 Å². The van der Waals surface area contributed by atoms with Crippen LogP contribution in [-0.2, 0) is 16.1 Å². The summed E-state index contributed by atoms with van der Waals surface area (Å²) in [6.07, 6.45) is -0.941. The molecule has 3 N–H and O–H groups in total. The Hall–Kier alpha value is -3.35. The lowest BCUT2D eigenvalue weighted by atomic mass is 10.1. The van der Waals surface area contributed by atoms with Crippen LogP contribution in [0.25, 0.3) is 0 Å². The van der Waals surface area contributed by atoms with Crippen LogP contribution in [0.1, 0.15) is 42.3 Å². The molecule has 7 nitrogen and oxygen atoms in total. The minimum absolute atomic E-state index is 0.0530. The SMILES string of the molecule is Cc1cccc(NC(=O)[C@H](C)OC(=O)c2ccc(CNC(=O)NC(C)C)cc2)c1. The van der Waals surface area contributed by atoms with Crippen molar-refractivity contribution < 1.29 is 19.1 Å². The van der Waals surface area contributed by atoms with Gasteiger partial charge in [-0.25, -0.2) is 9.59 Å². The third-order valence-electron chi connectivity index (χ3n) is 4.00. The van der Waals surface area contributed by atoms with Crippen molar-refractivity contribution in [3.05, 3.63) is 65.2 Å². The summed E-state index contributed by atoms with van der Waals surface area (Å²) in [6, 6.07) is 13.8. The largest absolute Gasteiger partial charge is 0.449 e. The van der Waals surface area contributed by atoms with Gasteiger partial charge in [-0.1, -0.05) is 24.3 Å². The van der Waals surface area contributed by atoms with Crippen LogP contribution >= 0.6 is 0 Å². The summed E-state index contributed by atoms with van der Waals surface area (Å²) in [5.74, 6) is -0.991. The molecular formula is C22H27N3O4. The van der Waals surface area contributed by atoms with E-state index in [9.17, 15) is 14.4 Å². The molecule has 2 aromatic rings. The number of aryl methyl sites for hydroxylation is 1. The second-order valence-electron chi connectivity index (χ2n) is 7.08. The summed E-state index contributed by atoms with van der Waals surface area (Å²) in [5.41, 5.74) is 2.83. The number of urea groups is 1. The first kappa shape index (κ1) is 21.9. The molecule has 2 aromatic carbocycles. The van der Waals surface area contributed by atoms with Crippen LogP contribution in [0.2, 0.25) is 0 Å². The lowest BCUT2D eigenvalue weighted by molar-refractivity contribution is -0.123. The first-order valence-corrected chi connectivity index (χ1v) is 9.46. The normalized spacial score (nSPS) is 11.5. The topological polar surface area (TPSA) is 96.5 Å². The number of carbonyl (C=O) groups excluding carboxylic acids is 3. The number of esters is 1. The number of amides is 3. The van der Waals surface area contributed by atoms with Crippen LogP contribution in [0, 0.1) is 6.92 Å². The van der Waals surface area contributed by atoms with Gasteiger partial charge in [0.05, 0.1) is 5.56 Å². The Morgan fingerprint density at radius 3 is 2.31 bits per heavy atom. The number of ether oxygens (including phenoxy) is 1. The molecule has 0 unspecified atom stereocenters. The van der Waals surface area contributed by atoms with Crippen molar-refractivity contribution in [1.82, 2.24) is 10.6 Å². The minimum Gasteiger partial charge on any atom is -0.449 e. The highest BCUT2D eigenvalue weighted by molar-refractivity contribution is 5.97. The van der Waals surface area contributed by atoms with Crippen molar-refractivity contribution in [2.45, 2.75) is 46.4 Å². The van der Waals surface area contributed by atoms with E-state index in [1.165, 1.54) is 6.92 Å². The molecule has 0 aliphatic carbocycles. The molecule has 0 aromatic heterocycles. The van der Waals surface area contributed by atoms with E-state index in [0.717, 1.165) is 11.1 Å². The van der Waals surface area contributed by atoms with E-state index in [-0.39, 0.29) is 12.1 Å². The fraction of sp³-hybridized carbons (Fsp3) is 0.318. The van der Waals surface area contributed by atoms with E-state index < -0.39 is 18.0 Å². The number of rotatable bonds is 7. The van der Waals surface area contributed by atoms with Crippen molar-refractivity contribution >= 4 is 23.6 Å². The molecule has 0 spiro atoms. The number of carbonyl (C=O) groups is 3. The van der Waals surface area contributed by atoms with E-state index in [2.05, 4.69) is 16.0 Å². The summed E-state index contributed by atoms with van der Waals surface area (Å²) < 4.78 is 5.25. The van der Waals surface area contributed by atoms with Gasteiger partial charge in [0.2, 0.25) is 0 Å². The van der Waals surface area contributed by atoms with Crippen molar-refractivity contribution in [2.75, 3.05) is 5.32 Å². The van der Waals surface area contributed by atoms with Crippen LogP contribution in [-0.4, -0.2) is 30.1 Å². The van der Waals surface area contributed by atoms with E-state index >= 15 is 0 Å². The van der Waals surface area contributed by atoms with Crippen LogP contribution in [0.4, 0.5) is 10.5 Å². The van der Waals surface area contributed by atoms with E-state index in [0.29, 0.717) is 17.8 Å². The van der Waals surface area contributed by atoms with Gasteiger partial charge in [-0.05, 0) is 63.1 Å². The summed E-state index contributed by atoms with van der Waals surface area (Å²) in [4.78, 5) is 36.1. The average molecular weight is 397 g/mol. The van der Waals surface area contributed by atoms with Gasteiger partial charge in [0.1, 0.15) is 0 Å². The first-order valence-electron chi connectivity index (χ1n) is 9.46. The summed E-state index contributed by atoms with van der Waals surface area (Å²) in [6.45, 7) is 7.54. The Kier molecular flexibility index (Phi) is 7.77. The smallest absolute Gasteiger partial charge is 0.338 e. The second-order valence-corrected chi connectivity index (χ2v) is 7.08. The van der Waals surface area contributed by atoms with Crippen molar-refractivity contribution in [1.29, 1.82) is 0 Å². The fourth-order valence-electron chi connectivity index (χ4n) is 2.50. The number of hydrogen-bond donors (Lipinski definition) is 3. The van der Waals surface area contributed by atoms with Crippen LogP contribution in [0.15, 0.2) is 48.5 Å². The van der Waals surface area contributed by atoms with Crippen molar-refractivity contribution in [3.63, 3.8) is 0 Å². The lowest BCUT2D eigenvalue weighted by Gasteiger charge is -2.14. The molecule has 0 bridgehead atoms. The second kappa shape index (κ2) is 10.3. The zero-order chi connectivity index (χ0) is 21.4. The van der Waals surface area contributed by atoms with Gasteiger partial charge in [-0.3, -0.25) is 4.79 Å². The molecule has 0 aliphatic heterocycles. The quantitative estimate of drug-likeness (QED) is 0.624. The Balaban J connectivity index is 1.86. The van der Waals surface area contributed by atoms with Gasteiger partial charge in [0.25, 0.3) is 5.91 Å². The summed E-state index contributed by atoms with van der Waals surface area (Å²) >= 11 is 0. The molecule has 0 saturated heterocycles. The number of hydrogen-bond acceptors (Lipinski definition) is 4. The number of anilines is 1. The van der Waals surface area contributed by atoms with Gasteiger partial charge in [0.15, 0.2) is 6.10 Å². The van der Waals surface area contributed by atoms with Gasteiger partial charge in [0, 0.05) is 18.3 Å². The maximum Gasteiger partial charge on any atom is 0.338 e. The summed E-state index contributed by atoms with van der Waals surface area (Å²) in [7, 11) is 0. The third kappa shape index (κ3) is 7.29. The third-order valence-corrected chi connectivity index (χ3v) is 4.00. The van der Waals surface area contributed by atoms with Gasteiger partial charge in [-0.15, -0.1) is 0 Å². The van der Waals surface area contributed by atoms with E-state index in [1.54, 1.807) is 30.3 Å². The molecule has 0 radical (unpaired) electrons. The predicted molar refractivity (Wildman–Crippen MR) is 112 cm³/mol. The van der Waals surface area contributed by atoms with E-state index in [4.69, 9.17) is 4.74 Å². The molecule has 2 rings (SSSR count). The van der Waals surface area contributed by atoms with Crippen molar-refractivity contribution in [2.24, 2.45) is 0 Å². The van der Waals surface area contributed by atoms with E-state index in [1.807, 2.05) is 39.0 Å². The monoisotopic (exact) mass is 397 g/mol. The highest BCUT2D eigenvalue weighted by Crippen LogP contribution is 2.12. The fourth-order valence-corrected chi connectivity index (χ4v) is 2.50. The standard InChI is InChI=1S/C22H27N3O4/c1-14(2)24-22(28)23-13-17-8-10-18(11-9-17)21(27)29-16(4)20(26)25-19-7-5-6-15(3)12-19/h5-12,14,16H,13H2,1-4H3,(H,25,26)(H2,23,24,28)/t16-/m0/s1. The molecule has 7 heteroatoms. The molecule has 0 heterocycles. The highest BCUT2D eigenvalue weighted by atomic mass is 16.5. The number of benzene rings is 2. The Morgan fingerprint density at radius 1 is 1.00 bits per heavy atom. The maximum absolute atomic E-state index is 12.3. The van der Waals surface area contributed by atoms with Crippen molar-refractivity contribution in [3.8, 4) is 0 Å². The predicted octanol–water partition coefficient (Wildman–Crippen LogP) is 3.39. The van der Waals surface area contributed by atoms with Gasteiger partial charge >= 0.3 is 12.0 Å². The molecule has 1 atom stereocenters. The Morgan fingerprint density at radius 2 is 1.69 bits per heavy atom. The zero-order valence-electron chi connectivity index (χ0n) is 17.1. The van der Waals surface area contributed by atoms with Crippen LogP contribution < -0.4 is 16.0 Å². The molecule has 154 valence electrons. The molecule has 29 heavy (non-hydrogen) atoms. The van der Waals surface area contributed by atoms with Gasteiger partial charge in [-0.2, -0.15) is 0 Å².